The van der Waals surface area contributed by atoms with Crippen molar-refractivity contribution >= 4 is 27.0 Å². The average Bonchev–Trinajstić information content (AvgIpc) is 2.81. The van der Waals surface area contributed by atoms with Crippen molar-refractivity contribution in [3.63, 3.8) is 0 Å². The number of rotatable bonds is 3. The lowest BCUT2D eigenvalue weighted by atomic mass is 10.2. The molecule has 0 amide bonds. The van der Waals surface area contributed by atoms with Crippen LogP contribution in [0.15, 0.2) is 46.0 Å². The Bertz CT molecular complexity index is 638. The molecule has 4 nitrogen and oxygen atoms in total. The molecule has 0 aliphatic carbocycles. The molecule has 1 N–H and O–H groups in total. The molecule has 0 saturated carbocycles. The molecule has 17 heavy (non-hydrogen) atoms. The molecular formula is C11H8N2O2S2. The third-order valence-electron chi connectivity index (χ3n) is 2.07. The van der Waals surface area contributed by atoms with Crippen molar-refractivity contribution in [2.24, 2.45) is 0 Å². The number of nitrogens with zero attached hydrogens (tertiary/aromatic N) is 1. The summed E-state index contributed by atoms with van der Waals surface area (Å²) in [6.07, 6.45) is 0. The van der Waals surface area contributed by atoms with Gasteiger partial charge in [-0.1, -0.05) is 0 Å². The minimum absolute atomic E-state index is 0.141. The first kappa shape index (κ1) is 11.6. The predicted octanol–water partition coefficient (Wildman–Crippen LogP) is 2.42. The number of hydrogen-bond acceptors (Lipinski definition) is 4. The Labute approximate surface area is 103 Å². The van der Waals surface area contributed by atoms with E-state index in [1.54, 1.807) is 16.8 Å². The van der Waals surface area contributed by atoms with Crippen molar-refractivity contribution in [3.05, 3.63) is 46.7 Å². The minimum atomic E-state index is -3.56. The molecule has 6 heteroatoms. The molecule has 1 aromatic heterocycles. The number of thiophene rings is 1. The van der Waals surface area contributed by atoms with Crippen LogP contribution in [-0.4, -0.2) is 8.42 Å². The summed E-state index contributed by atoms with van der Waals surface area (Å²) in [5, 5.41) is 12.1. The van der Waals surface area contributed by atoms with Gasteiger partial charge in [-0.25, -0.2) is 8.42 Å². The molecule has 0 radical (unpaired) electrons. The molecular weight excluding hydrogens is 256 g/mol. The Hall–Kier alpha value is -1.84. The molecule has 2 aromatic rings. The average molecular weight is 264 g/mol. The number of nitriles is 1. The van der Waals surface area contributed by atoms with Crippen molar-refractivity contribution in [2.75, 3.05) is 4.72 Å². The second-order valence-corrected chi connectivity index (χ2v) is 5.72. The first-order valence-electron chi connectivity index (χ1n) is 4.67. The molecule has 0 fully saturated rings. The molecule has 0 bridgehead atoms. The van der Waals surface area contributed by atoms with E-state index in [0.717, 1.165) is 0 Å². The van der Waals surface area contributed by atoms with E-state index in [1.807, 2.05) is 6.07 Å². The van der Waals surface area contributed by atoms with Crippen molar-refractivity contribution in [1.29, 1.82) is 5.26 Å². The smallest absolute Gasteiger partial charge is 0.261 e. The van der Waals surface area contributed by atoms with Gasteiger partial charge in [0.05, 0.1) is 22.2 Å². The van der Waals surface area contributed by atoms with Crippen molar-refractivity contribution in [2.45, 2.75) is 4.90 Å². The highest BCUT2D eigenvalue weighted by atomic mass is 32.2. The highest BCUT2D eigenvalue weighted by Gasteiger charge is 2.13. The van der Waals surface area contributed by atoms with Crippen molar-refractivity contribution in [3.8, 4) is 6.07 Å². The van der Waals surface area contributed by atoms with Gasteiger partial charge in [-0.3, -0.25) is 4.72 Å². The van der Waals surface area contributed by atoms with Gasteiger partial charge in [-0.05, 0) is 35.7 Å². The number of nitrogens with one attached hydrogen (secondary N) is 1. The summed E-state index contributed by atoms with van der Waals surface area (Å²) in [4.78, 5) is 0.141. The highest BCUT2D eigenvalue weighted by Crippen LogP contribution is 2.18. The fourth-order valence-corrected chi connectivity index (χ4v) is 2.96. The van der Waals surface area contributed by atoms with Gasteiger partial charge in [0, 0.05) is 5.38 Å². The lowest BCUT2D eigenvalue weighted by Gasteiger charge is -2.05. The van der Waals surface area contributed by atoms with E-state index in [0.29, 0.717) is 11.3 Å². The number of sulfonamides is 1. The fourth-order valence-electron chi connectivity index (χ4n) is 1.25. The molecule has 0 saturated heterocycles. The summed E-state index contributed by atoms with van der Waals surface area (Å²) in [6.45, 7) is 0. The Kier molecular flexibility index (Phi) is 3.13. The first-order valence-corrected chi connectivity index (χ1v) is 7.09. The zero-order valence-electron chi connectivity index (χ0n) is 8.62. The monoisotopic (exact) mass is 264 g/mol. The van der Waals surface area contributed by atoms with Crippen LogP contribution in [0.2, 0.25) is 0 Å². The fraction of sp³-hybridized carbons (Fsp3) is 0. The molecule has 0 atom stereocenters. The lowest BCUT2D eigenvalue weighted by molar-refractivity contribution is 0.601. The van der Waals surface area contributed by atoms with Crippen LogP contribution in [0.3, 0.4) is 0 Å². The van der Waals surface area contributed by atoms with Gasteiger partial charge >= 0.3 is 0 Å². The van der Waals surface area contributed by atoms with Gasteiger partial charge in [0.2, 0.25) is 0 Å². The SMILES string of the molecule is N#Cc1ccc(S(=O)(=O)Nc2ccsc2)cc1. The highest BCUT2D eigenvalue weighted by molar-refractivity contribution is 7.92. The minimum Gasteiger partial charge on any atom is -0.279 e. The number of benzene rings is 1. The van der Waals surface area contributed by atoms with Gasteiger partial charge < -0.3 is 0 Å². The number of anilines is 1. The molecule has 1 aromatic carbocycles. The third-order valence-corrected chi connectivity index (χ3v) is 4.15. The van der Waals surface area contributed by atoms with Crippen LogP contribution in [0.1, 0.15) is 5.56 Å². The van der Waals surface area contributed by atoms with Crippen LogP contribution in [0.4, 0.5) is 5.69 Å². The van der Waals surface area contributed by atoms with Crippen molar-refractivity contribution in [1.82, 2.24) is 0 Å². The molecule has 0 spiro atoms. The van der Waals surface area contributed by atoms with E-state index >= 15 is 0 Å². The summed E-state index contributed by atoms with van der Waals surface area (Å²) in [5.74, 6) is 0. The molecule has 0 aliphatic rings. The van der Waals surface area contributed by atoms with Crippen LogP contribution >= 0.6 is 11.3 Å². The van der Waals surface area contributed by atoms with E-state index in [-0.39, 0.29) is 4.90 Å². The van der Waals surface area contributed by atoms with Crippen LogP contribution in [0.25, 0.3) is 0 Å². The zero-order chi connectivity index (χ0) is 12.3. The molecule has 86 valence electrons. The van der Waals surface area contributed by atoms with E-state index < -0.39 is 10.0 Å². The largest absolute Gasteiger partial charge is 0.279 e. The first-order chi connectivity index (χ1) is 8.12. The van der Waals surface area contributed by atoms with Gasteiger partial charge in [0.1, 0.15) is 0 Å². The maximum absolute atomic E-state index is 11.9. The topological polar surface area (TPSA) is 70.0 Å². The van der Waals surface area contributed by atoms with E-state index in [9.17, 15) is 8.42 Å². The van der Waals surface area contributed by atoms with E-state index in [2.05, 4.69) is 4.72 Å². The van der Waals surface area contributed by atoms with Crippen molar-refractivity contribution < 1.29 is 8.42 Å². The number of hydrogen-bond donors (Lipinski definition) is 1. The third kappa shape index (κ3) is 2.64. The summed E-state index contributed by atoms with van der Waals surface area (Å²) in [7, 11) is -3.56. The van der Waals surface area contributed by atoms with Crippen LogP contribution in [-0.2, 0) is 10.0 Å². The van der Waals surface area contributed by atoms with Crippen LogP contribution in [0.5, 0.6) is 0 Å². The maximum Gasteiger partial charge on any atom is 0.261 e. The van der Waals surface area contributed by atoms with E-state index in [1.165, 1.54) is 35.6 Å². The standard InChI is InChI=1S/C11H8N2O2S2/c12-7-9-1-3-11(4-2-9)17(14,15)13-10-5-6-16-8-10/h1-6,8,13H. The predicted molar refractivity (Wildman–Crippen MR) is 66.3 cm³/mol. The Balaban J connectivity index is 2.29. The van der Waals surface area contributed by atoms with Crippen LogP contribution in [0, 0.1) is 11.3 Å². The second kappa shape index (κ2) is 4.57. The maximum atomic E-state index is 11.9. The Morgan fingerprint density at radius 2 is 1.88 bits per heavy atom. The summed E-state index contributed by atoms with van der Waals surface area (Å²) >= 11 is 1.41. The molecule has 1 heterocycles. The molecule has 0 unspecified atom stereocenters. The zero-order valence-corrected chi connectivity index (χ0v) is 10.3. The quantitative estimate of drug-likeness (QED) is 0.925. The lowest BCUT2D eigenvalue weighted by Crippen LogP contribution is -2.12. The van der Waals surface area contributed by atoms with Gasteiger partial charge in [-0.15, -0.1) is 0 Å². The normalized spacial score (nSPS) is 10.8. The van der Waals surface area contributed by atoms with Gasteiger partial charge in [0.15, 0.2) is 0 Å². The summed E-state index contributed by atoms with van der Waals surface area (Å²) in [6, 6.07) is 9.39. The Morgan fingerprint density at radius 3 is 2.41 bits per heavy atom. The summed E-state index contributed by atoms with van der Waals surface area (Å²) in [5.41, 5.74) is 0.971. The van der Waals surface area contributed by atoms with Crippen LogP contribution < -0.4 is 4.72 Å². The van der Waals surface area contributed by atoms with Gasteiger partial charge in [-0.2, -0.15) is 16.6 Å². The summed E-state index contributed by atoms with van der Waals surface area (Å²) < 4.78 is 26.3. The Morgan fingerprint density at radius 1 is 1.18 bits per heavy atom. The molecule has 0 aliphatic heterocycles. The van der Waals surface area contributed by atoms with E-state index in [4.69, 9.17) is 5.26 Å². The molecule has 2 rings (SSSR count). The van der Waals surface area contributed by atoms with Gasteiger partial charge in [0.25, 0.3) is 10.0 Å². The second-order valence-electron chi connectivity index (χ2n) is 3.25.